The fourth-order valence-corrected chi connectivity index (χ4v) is 3.65. The number of benzene rings is 3. The van der Waals surface area contributed by atoms with Crippen molar-refractivity contribution < 1.29 is 22.7 Å². The highest BCUT2D eigenvalue weighted by Crippen LogP contribution is 2.30. The van der Waals surface area contributed by atoms with Gasteiger partial charge in [0.2, 0.25) is 0 Å². The summed E-state index contributed by atoms with van der Waals surface area (Å²) in [6, 6.07) is 12.7. The molecule has 0 bridgehead atoms. The van der Waals surface area contributed by atoms with E-state index in [1.165, 1.54) is 24.3 Å². The largest absolute Gasteiger partial charge is 0.502 e. The van der Waals surface area contributed by atoms with Gasteiger partial charge in [-0.2, -0.15) is 0 Å². The molecular formula is C25H19ClF4N2O3. The lowest BCUT2D eigenvalue weighted by atomic mass is 9.96. The van der Waals surface area contributed by atoms with Crippen LogP contribution in [-0.2, 0) is 0 Å². The lowest BCUT2D eigenvalue weighted by Gasteiger charge is -2.25. The van der Waals surface area contributed by atoms with E-state index in [-0.39, 0.29) is 23.7 Å². The van der Waals surface area contributed by atoms with E-state index in [0.29, 0.717) is 16.8 Å². The second-order valence-electron chi connectivity index (χ2n) is 7.80. The third-order valence-corrected chi connectivity index (χ3v) is 5.50. The molecule has 2 atom stereocenters. The van der Waals surface area contributed by atoms with Gasteiger partial charge in [-0.05, 0) is 60.0 Å². The molecule has 4 aromatic rings. The molecule has 1 unspecified atom stereocenters. The van der Waals surface area contributed by atoms with Gasteiger partial charge in [0.05, 0.1) is 6.04 Å². The van der Waals surface area contributed by atoms with Crippen LogP contribution in [0.3, 0.4) is 0 Å². The van der Waals surface area contributed by atoms with Crippen LogP contribution in [0, 0.1) is 23.3 Å². The summed E-state index contributed by atoms with van der Waals surface area (Å²) in [4.78, 5) is 22.9. The minimum absolute atomic E-state index is 0. The molecule has 0 radical (unpaired) electrons. The van der Waals surface area contributed by atoms with Gasteiger partial charge in [-0.15, -0.1) is 12.4 Å². The van der Waals surface area contributed by atoms with Crippen LogP contribution in [-0.4, -0.2) is 5.11 Å². The Kier molecular flexibility index (Phi) is 7.62. The Morgan fingerprint density at radius 2 is 1.43 bits per heavy atom. The van der Waals surface area contributed by atoms with E-state index < -0.39 is 52.0 Å². The second kappa shape index (κ2) is 10.3. The van der Waals surface area contributed by atoms with Crippen LogP contribution in [0.15, 0.2) is 70.3 Å². The molecule has 0 aromatic heterocycles. The Labute approximate surface area is 203 Å². The zero-order chi connectivity index (χ0) is 24.6. The van der Waals surface area contributed by atoms with E-state index in [0.717, 1.165) is 12.1 Å². The van der Waals surface area contributed by atoms with Crippen molar-refractivity contribution in [1.29, 1.82) is 0 Å². The first kappa shape index (κ1) is 25.9. The average Bonchev–Trinajstić information content (AvgIpc) is 2.84. The van der Waals surface area contributed by atoms with E-state index in [9.17, 15) is 32.3 Å². The molecule has 4 rings (SSSR count). The third-order valence-electron chi connectivity index (χ3n) is 5.50. The number of hydrogen-bond donors (Lipinski definition) is 3. The third kappa shape index (κ3) is 5.21. The molecule has 5 nitrogen and oxygen atoms in total. The summed E-state index contributed by atoms with van der Waals surface area (Å²) >= 11 is 0. The van der Waals surface area contributed by atoms with Crippen molar-refractivity contribution in [1.82, 2.24) is 5.32 Å². The summed E-state index contributed by atoms with van der Waals surface area (Å²) < 4.78 is 54.4. The molecule has 3 N–H and O–H groups in total. The maximum absolute atomic E-state index is 13.8. The van der Waals surface area contributed by atoms with Gasteiger partial charge in [0.15, 0.2) is 23.2 Å². The molecule has 0 aliphatic carbocycles. The van der Waals surface area contributed by atoms with Gasteiger partial charge in [-0.3, -0.25) is 14.9 Å². The second-order valence-corrected chi connectivity index (χ2v) is 7.80. The molecule has 0 aliphatic rings. The minimum Gasteiger partial charge on any atom is -0.502 e. The van der Waals surface area contributed by atoms with Gasteiger partial charge >= 0.3 is 0 Å². The highest BCUT2D eigenvalue weighted by molar-refractivity contribution is 5.85. The summed E-state index contributed by atoms with van der Waals surface area (Å²) in [6.45, 7) is 1.63. The van der Waals surface area contributed by atoms with Crippen molar-refractivity contribution in [2.24, 2.45) is 0 Å². The van der Waals surface area contributed by atoms with Gasteiger partial charge < -0.3 is 10.4 Å². The quantitative estimate of drug-likeness (QED) is 0.183. The van der Waals surface area contributed by atoms with Crippen LogP contribution in [0.1, 0.15) is 35.7 Å². The van der Waals surface area contributed by atoms with Gasteiger partial charge in [-0.1, -0.05) is 24.3 Å². The van der Waals surface area contributed by atoms with E-state index >= 15 is 0 Å². The Hall–Kier alpha value is -3.69. The molecule has 0 amide bonds. The highest BCUT2D eigenvalue weighted by Gasteiger charge is 2.22. The van der Waals surface area contributed by atoms with E-state index in [4.69, 9.17) is 0 Å². The molecule has 0 saturated carbocycles. The topological polar surface area (TPSA) is 78.4 Å². The number of rotatable bonds is 7. The zero-order valence-corrected chi connectivity index (χ0v) is 18.9. The SMILES string of the molecule is C[C@@H](NC(c1ccc(F)cc1)c1cccc(Nc2c(O)c(=O)c2=O)c1)c1cc(F)c(F)c(F)c1.Cl. The first-order chi connectivity index (χ1) is 16.2. The summed E-state index contributed by atoms with van der Waals surface area (Å²) in [5.41, 5.74) is -0.261. The average molecular weight is 507 g/mol. The molecule has 10 heteroatoms. The van der Waals surface area contributed by atoms with Crippen LogP contribution >= 0.6 is 12.4 Å². The first-order valence-electron chi connectivity index (χ1n) is 10.2. The maximum Gasteiger partial charge on any atom is 0.271 e. The fraction of sp³-hybridized carbons (Fsp3) is 0.120. The van der Waals surface area contributed by atoms with E-state index in [1.54, 1.807) is 31.2 Å². The number of anilines is 2. The smallest absolute Gasteiger partial charge is 0.271 e. The predicted molar refractivity (Wildman–Crippen MR) is 126 cm³/mol. The van der Waals surface area contributed by atoms with Crippen molar-refractivity contribution in [2.45, 2.75) is 19.0 Å². The minimum atomic E-state index is -1.56. The van der Waals surface area contributed by atoms with Gasteiger partial charge in [-0.25, -0.2) is 17.6 Å². The molecule has 4 aromatic carbocycles. The van der Waals surface area contributed by atoms with Crippen LogP contribution < -0.4 is 21.5 Å². The van der Waals surface area contributed by atoms with Crippen LogP contribution in [0.5, 0.6) is 5.75 Å². The van der Waals surface area contributed by atoms with Crippen molar-refractivity contribution in [3.05, 3.63) is 121 Å². The predicted octanol–water partition coefficient (Wildman–Crippen LogP) is 5.15. The van der Waals surface area contributed by atoms with Gasteiger partial charge in [0, 0.05) is 11.7 Å². The summed E-state index contributed by atoms with van der Waals surface area (Å²) in [7, 11) is 0. The molecule has 182 valence electrons. The van der Waals surface area contributed by atoms with Crippen molar-refractivity contribution in [2.75, 3.05) is 5.32 Å². The number of hydrogen-bond acceptors (Lipinski definition) is 5. The fourth-order valence-electron chi connectivity index (χ4n) is 3.65. The van der Waals surface area contributed by atoms with Crippen LogP contribution in [0.25, 0.3) is 0 Å². The van der Waals surface area contributed by atoms with Crippen LogP contribution in [0.2, 0.25) is 0 Å². The van der Waals surface area contributed by atoms with E-state index in [2.05, 4.69) is 10.6 Å². The number of aromatic hydroxyl groups is 1. The first-order valence-corrected chi connectivity index (χ1v) is 10.2. The highest BCUT2D eigenvalue weighted by atomic mass is 35.5. The normalized spacial score (nSPS) is 12.7. The molecular weight excluding hydrogens is 488 g/mol. The summed E-state index contributed by atoms with van der Waals surface area (Å²) in [6.07, 6.45) is 0. The van der Waals surface area contributed by atoms with Crippen molar-refractivity contribution >= 4 is 23.8 Å². The molecule has 0 spiro atoms. The van der Waals surface area contributed by atoms with Crippen molar-refractivity contribution in [3.8, 4) is 5.75 Å². The number of halogens is 5. The van der Waals surface area contributed by atoms with Crippen LogP contribution in [0.4, 0.5) is 28.9 Å². The zero-order valence-electron chi connectivity index (χ0n) is 18.1. The maximum atomic E-state index is 13.8. The Morgan fingerprint density at radius 1 is 0.800 bits per heavy atom. The summed E-state index contributed by atoms with van der Waals surface area (Å²) in [5, 5.41) is 15.5. The molecule has 35 heavy (non-hydrogen) atoms. The summed E-state index contributed by atoms with van der Waals surface area (Å²) in [5.74, 6) is -5.31. The lowest BCUT2D eigenvalue weighted by Crippen LogP contribution is -2.32. The van der Waals surface area contributed by atoms with E-state index in [1.807, 2.05) is 0 Å². The molecule has 0 saturated heterocycles. The molecule has 0 aliphatic heterocycles. The Balaban J connectivity index is 0.00000342. The Bertz CT molecular complexity index is 1410. The Morgan fingerprint density at radius 3 is 2.03 bits per heavy atom. The standard InChI is InChI=1S/C25H18F4N2O3.ClH/c1-12(15-10-18(27)20(29)19(28)11-15)30-21(13-5-7-16(26)8-6-13)14-3-2-4-17(9-14)31-22-23(32)25(34)24(22)33;/h2-12,21,30-32H,1H3;1H/t12-,21?;/m1./s1. The number of nitrogens with one attached hydrogen (secondary N) is 2. The monoisotopic (exact) mass is 506 g/mol. The van der Waals surface area contributed by atoms with Crippen molar-refractivity contribution in [3.63, 3.8) is 0 Å². The molecule has 0 fully saturated rings. The molecule has 0 heterocycles. The van der Waals surface area contributed by atoms with Gasteiger partial charge in [0.25, 0.3) is 10.9 Å². The van der Waals surface area contributed by atoms with Gasteiger partial charge in [0.1, 0.15) is 11.5 Å². The lowest BCUT2D eigenvalue weighted by molar-refractivity contribution is 0.438.